The van der Waals surface area contributed by atoms with Crippen LogP contribution in [-0.4, -0.2) is 15.9 Å². The number of benzene rings is 2. The summed E-state index contributed by atoms with van der Waals surface area (Å²) in [7, 11) is 0. The van der Waals surface area contributed by atoms with Crippen molar-refractivity contribution in [2.24, 2.45) is 10.8 Å². The molecular formula is C32H42IrNO2-. The molecule has 0 unspecified atom stereocenters. The van der Waals surface area contributed by atoms with Gasteiger partial charge in [-0.3, -0.25) is 4.79 Å². The van der Waals surface area contributed by atoms with Gasteiger partial charge in [0.2, 0.25) is 0 Å². The van der Waals surface area contributed by atoms with Crippen molar-refractivity contribution >= 4 is 16.6 Å². The summed E-state index contributed by atoms with van der Waals surface area (Å²) in [4.78, 5) is 16.1. The zero-order valence-electron chi connectivity index (χ0n) is 23.8. The minimum Gasteiger partial charge on any atom is -0.512 e. The number of hydrogen-bond acceptors (Lipinski definition) is 3. The van der Waals surface area contributed by atoms with Gasteiger partial charge in [-0.05, 0) is 28.8 Å². The summed E-state index contributed by atoms with van der Waals surface area (Å²) in [6.45, 7) is 22.1. The summed E-state index contributed by atoms with van der Waals surface area (Å²) in [6, 6.07) is 16.5. The Balaban J connectivity index is 0.000000402. The molecule has 197 valence electrons. The number of carbonyl (C=O) groups is 1. The summed E-state index contributed by atoms with van der Waals surface area (Å²) in [6.07, 6.45) is 3.29. The molecule has 0 saturated heterocycles. The first-order valence-corrected chi connectivity index (χ1v) is 12.2. The van der Waals surface area contributed by atoms with Gasteiger partial charge in [0.25, 0.3) is 0 Å². The number of carbonyl (C=O) groups excluding carboxylic acids is 1. The van der Waals surface area contributed by atoms with Gasteiger partial charge < -0.3 is 10.1 Å². The van der Waals surface area contributed by atoms with Gasteiger partial charge in [-0.2, -0.15) is 0 Å². The van der Waals surface area contributed by atoms with Gasteiger partial charge in [0.1, 0.15) is 5.76 Å². The van der Waals surface area contributed by atoms with Gasteiger partial charge in [0.05, 0.1) is 0 Å². The minimum absolute atomic E-state index is 0. The molecule has 0 atom stereocenters. The number of fused-ring (bicyclic) bond motifs is 1. The van der Waals surface area contributed by atoms with Gasteiger partial charge >= 0.3 is 0 Å². The zero-order valence-corrected chi connectivity index (χ0v) is 26.1. The first-order chi connectivity index (χ1) is 15.9. The van der Waals surface area contributed by atoms with Crippen LogP contribution in [-0.2, 0) is 30.3 Å². The topological polar surface area (TPSA) is 50.2 Å². The molecule has 0 spiro atoms. The van der Waals surface area contributed by atoms with Crippen molar-refractivity contribution in [1.29, 1.82) is 0 Å². The molecule has 3 nitrogen and oxygen atoms in total. The third-order valence-corrected chi connectivity index (χ3v) is 5.80. The van der Waals surface area contributed by atoms with Crippen LogP contribution in [0.5, 0.6) is 0 Å². The van der Waals surface area contributed by atoms with Crippen LogP contribution in [0.25, 0.3) is 22.0 Å². The maximum Gasteiger partial charge on any atom is 0.164 e. The molecule has 0 fully saturated rings. The third-order valence-electron chi connectivity index (χ3n) is 5.80. The number of aliphatic hydroxyl groups is 1. The average Bonchev–Trinajstić information content (AvgIpc) is 2.71. The molecule has 0 saturated carbocycles. The van der Waals surface area contributed by atoms with E-state index in [4.69, 9.17) is 0 Å². The Labute approximate surface area is 231 Å². The largest absolute Gasteiger partial charge is 0.512 e. The predicted molar refractivity (Wildman–Crippen MR) is 149 cm³/mol. The first kappa shape index (κ1) is 31.7. The van der Waals surface area contributed by atoms with E-state index in [0.717, 1.165) is 16.8 Å². The van der Waals surface area contributed by atoms with Crippen LogP contribution >= 0.6 is 0 Å². The third kappa shape index (κ3) is 8.98. The summed E-state index contributed by atoms with van der Waals surface area (Å²) in [5.74, 6) is 0.104. The van der Waals surface area contributed by atoms with Crippen molar-refractivity contribution in [3.63, 3.8) is 0 Å². The van der Waals surface area contributed by atoms with Crippen molar-refractivity contribution < 1.29 is 30.0 Å². The molecule has 1 aromatic heterocycles. The molecule has 2 aromatic carbocycles. The molecule has 0 bridgehead atoms. The van der Waals surface area contributed by atoms with Crippen molar-refractivity contribution in [3.05, 3.63) is 77.2 Å². The number of hydrogen-bond donors (Lipinski definition) is 1. The van der Waals surface area contributed by atoms with Crippen molar-refractivity contribution in [3.8, 4) is 11.3 Å². The summed E-state index contributed by atoms with van der Waals surface area (Å²) >= 11 is 0. The normalized spacial score (nSPS) is 12.5. The van der Waals surface area contributed by atoms with Crippen LogP contribution in [0, 0.1) is 30.7 Å². The number of aliphatic hydroxyl groups excluding tert-OH is 1. The molecular weight excluding hydrogens is 623 g/mol. The quantitative estimate of drug-likeness (QED) is 0.169. The fourth-order valence-corrected chi connectivity index (χ4v) is 3.25. The Bertz CT molecular complexity index is 1240. The monoisotopic (exact) mass is 665 g/mol. The van der Waals surface area contributed by atoms with Gasteiger partial charge in [-0.25, -0.2) is 0 Å². The van der Waals surface area contributed by atoms with Crippen LogP contribution in [0.4, 0.5) is 0 Å². The smallest absolute Gasteiger partial charge is 0.164 e. The zero-order chi connectivity index (χ0) is 26.8. The average molecular weight is 665 g/mol. The van der Waals surface area contributed by atoms with E-state index >= 15 is 0 Å². The van der Waals surface area contributed by atoms with Gasteiger partial charge in [-0.1, -0.05) is 99.1 Å². The van der Waals surface area contributed by atoms with E-state index in [-0.39, 0.29) is 42.5 Å². The number of aromatic nitrogens is 1. The van der Waals surface area contributed by atoms with Crippen LogP contribution in [0.2, 0.25) is 0 Å². The Hall–Kier alpha value is -2.29. The van der Waals surface area contributed by atoms with E-state index in [1.807, 2.05) is 47.7 Å². The Morgan fingerprint density at radius 2 is 1.47 bits per heavy atom. The molecule has 1 heterocycles. The molecule has 1 radical (unpaired) electrons. The standard InChI is InChI=1S/C21H22N.C11H20O2.Ir/c1-14-6-7-16-13-22-20(12-17(16)8-14)18-9-15(2)10-19(11-18)21(3,4)5;1-10(2,3)8(12)7-9(13)11(4,5)6;/h6-8,10-13H,1-5H3;7,12H,1-6H3;/q-1;;/b;8-7-;. The van der Waals surface area contributed by atoms with E-state index < -0.39 is 5.41 Å². The van der Waals surface area contributed by atoms with Crippen LogP contribution in [0.1, 0.15) is 79.0 Å². The maximum absolute atomic E-state index is 11.5. The second-order valence-corrected chi connectivity index (χ2v) is 12.5. The van der Waals surface area contributed by atoms with Gasteiger partial charge in [0.15, 0.2) is 5.78 Å². The molecule has 1 N–H and O–H groups in total. The van der Waals surface area contributed by atoms with Crippen LogP contribution in [0.15, 0.2) is 54.4 Å². The van der Waals surface area contributed by atoms with Crippen LogP contribution < -0.4 is 0 Å². The van der Waals surface area contributed by atoms with Crippen molar-refractivity contribution in [2.75, 3.05) is 0 Å². The van der Waals surface area contributed by atoms with E-state index in [1.165, 1.54) is 28.0 Å². The summed E-state index contributed by atoms with van der Waals surface area (Å²) in [5.41, 5.74) is 5.19. The number of rotatable bonds is 2. The number of allylic oxidation sites excluding steroid dienone is 2. The second kappa shape index (κ2) is 11.8. The first-order valence-electron chi connectivity index (χ1n) is 12.2. The molecule has 36 heavy (non-hydrogen) atoms. The van der Waals surface area contributed by atoms with E-state index in [1.54, 1.807) is 0 Å². The molecule has 4 heteroatoms. The number of pyridine rings is 1. The molecule has 3 aromatic rings. The molecule has 3 rings (SSSR count). The molecule has 0 aliphatic heterocycles. The number of ketones is 1. The van der Waals surface area contributed by atoms with Gasteiger partial charge in [-0.15, -0.1) is 34.9 Å². The molecule has 0 aliphatic carbocycles. The Morgan fingerprint density at radius 3 is 2.00 bits per heavy atom. The van der Waals surface area contributed by atoms with Crippen molar-refractivity contribution in [2.45, 2.75) is 81.6 Å². The number of nitrogens with zero attached hydrogens (tertiary/aromatic N) is 1. The van der Waals surface area contributed by atoms with Gasteiger partial charge in [0, 0.05) is 43.2 Å². The number of aryl methyl sites for hydroxylation is 2. The SMILES string of the molecule is CC(C)(C)C(=O)/C=C(\O)C(C)(C)C.Cc1[c-]c(-c2cc3cc(C)ccc3cn2)cc(C(C)(C)C)c1.[Ir]. The Morgan fingerprint density at radius 1 is 0.861 bits per heavy atom. The van der Waals surface area contributed by atoms with Crippen LogP contribution in [0.3, 0.4) is 0 Å². The molecule has 0 aliphatic rings. The predicted octanol–water partition coefficient (Wildman–Crippen LogP) is 8.70. The van der Waals surface area contributed by atoms with E-state index in [2.05, 4.69) is 82.1 Å². The molecule has 0 amide bonds. The summed E-state index contributed by atoms with van der Waals surface area (Å²) < 4.78 is 0. The van der Waals surface area contributed by atoms with Crippen molar-refractivity contribution in [1.82, 2.24) is 4.98 Å². The Kier molecular flexibility index (Phi) is 10.4. The maximum atomic E-state index is 11.5. The van der Waals surface area contributed by atoms with E-state index in [0.29, 0.717) is 0 Å². The fourth-order valence-electron chi connectivity index (χ4n) is 3.25. The van der Waals surface area contributed by atoms with E-state index in [9.17, 15) is 9.90 Å². The fraction of sp³-hybridized carbons (Fsp3) is 0.438. The second-order valence-electron chi connectivity index (χ2n) is 12.5. The summed E-state index contributed by atoms with van der Waals surface area (Å²) in [5, 5.41) is 12.0. The minimum atomic E-state index is -0.417.